The van der Waals surface area contributed by atoms with E-state index in [0.717, 1.165) is 36.0 Å². The number of hydrogen-bond donors (Lipinski definition) is 1. The van der Waals surface area contributed by atoms with Crippen LogP contribution in [0.5, 0.6) is 0 Å². The van der Waals surface area contributed by atoms with Gasteiger partial charge in [-0.25, -0.2) is 0 Å². The van der Waals surface area contributed by atoms with E-state index in [4.69, 9.17) is 5.73 Å². The highest BCUT2D eigenvalue weighted by Gasteiger charge is 2.27. The lowest BCUT2D eigenvalue weighted by molar-refractivity contribution is -0.119. The van der Waals surface area contributed by atoms with Gasteiger partial charge in [-0.2, -0.15) is 0 Å². The van der Waals surface area contributed by atoms with Gasteiger partial charge in [-0.3, -0.25) is 9.78 Å². The van der Waals surface area contributed by atoms with E-state index < -0.39 is 0 Å². The first-order chi connectivity index (χ1) is 7.68. The van der Waals surface area contributed by atoms with Crippen molar-refractivity contribution in [2.24, 2.45) is 5.73 Å². The van der Waals surface area contributed by atoms with Gasteiger partial charge in [0.25, 0.3) is 0 Å². The Morgan fingerprint density at radius 2 is 2.31 bits per heavy atom. The molecule has 0 radical (unpaired) electrons. The van der Waals surface area contributed by atoms with Gasteiger partial charge in [-0.1, -0.05) is 0 Å². The monoisotopic (exact) mass is 283 g/mol. The molecular formula is C11H14BrN3O. The summed E-state index contributed by atoms with van der Waals surface area (Å²) in [6.07, 6.45) is 6.49. The van der Waals surface area contributed by atoms with E-state index in [2.05, 4.69) is 20.9 Å². The normalized spacial score (nSPS) is 20.8. The first kappa shape index (κ1) is 11.4. The molecule has 0 aromatic carbocycles. The zero-order chi connectivity index (χ0) is 11.5. The number of carbonyl (C=O) groups excluding carboxylic acids is 1. The Morgan fingerprint density at radius 3 is 3.00 bits per heavy atom. The molecule has 1 saturated heterocycles. The summed E-state index contributed by atoms with van der Waals surface area (Å²) in [5.74, 6) is -0.250. The molecule has 86 valence electrons. The molecule has 1 fully saturated rings. The lowest BCUT2D eigenvalue weighted by atomic mass is 10.0. The Bertz CT molecular complexity index is 397. The second-order valence-corrected chi connectivity index (χ2v) is 4.88. The Kier molecular flexibility index (Phi) is 3.43. The number of carbonyl (C=O) groups is 1. The third-order valence-electron chi connectivity index (χ3n) is 2.85. The van der Waals surface area contributed by atoms with E-state index in [1.54, 1.807) is 12.4 Å². The van der Waals surface area contributed by atoms with Crippen molar-refractivity contribution in [3.8, 4) is 0 Å². The predicted molar refractivity (Wildman–Crippen MR) is 66.1 cm³/mol. The van der Waals surface area contributed by atoms with Crippen molar-refractivity contribution in [3.63, 3.8) is 0 Å². The number of nitrogens with zero attached hydrogens (tertiary/aromatic N) is 2. The van der Waals surface area contributed by atoms with Gasteiger partial charge in [-0.05, 0) is 41.3 Å². The summed E-state index contributed by atoms with van der Waals surface area (Å²) in [4.78, 5) is 17.5. The van der Waals surface area contributed by atoms with Crippen LogP contribution < -0.4 is 10.6 Å². The van der Waals surface area contributed by atoms with Crippen LogP contribution in [0.4, 0.5) is 5.69 Å². The van der Waals surface area contributed by atoms with Crippen LogP contribution >= 0.6 is 15.9 Å². The van der Waals surface area contributed by atoms with Gasteiger partial charge in [0.15, 0.2) is 0 Å². The molecule has 0 aliphatic carbocycles. The molecule has 2 N–H and O–H groups in total. The summed E-state index contributed by atoms with van der Waals surface area (Å²) in [5, 5.41) is 0. The van der Waals surface area contributed by atoms with Crippen molar-refractivity contribution in [1.82, 2.24) is 4.98 Å². The van der Waals surface area contributed by atoms with Crippen molar-refractivity contribution in [1.29, 1.82) is 0 Å². The molecule has 1 aliphatic rings. The number of anilines is 1. The average molecular weight is 284 g/mol. The first-order valence-electron chi connectivity index (χ1n) is 5.35. The molecule has 1 aliphatic heterocycles. The number of halogens is 1. The minimum Gasteiger partial charge on any atom is -0.368 e. The van der Waals surface area contributed by atoms with Crippen LogP contribution in [-0.2, 0) is 4.79 Å². The maximum Gasteiger partial charge on any atom is 0.240 e. The molecule has 2 heterocycles. The fourth-order valence-corrected chi connectivity index (χ4v) is 2.45. The van der Waals surface area contributed by atoms with E-state index in [1.807, 2.05) is 11.0 Å². The van der Waals surface area contributed by atoms with Crippen LogP contribution in [0.25, 0.3) is 0 Å². The van der Waals surface area contributed by atoms with Crippen LogP contribution in [0.2, 0.25) is 0 Å². The fraction of sp³-hybridized carbons (Fsp3) is 0.455. The standard InChI is InChI=1S/C11H14BrN3O/c12-8-5-9(7-14-6-8)15-4-2-1-3-10(15)11(13)16/h5-7,10H,1-4H2,(H2,13,16). The van der Waals surface area contributed by atoms with E-state index in [1.165, 1.54) is 0 Å². The third-order valence-corrected chi connectivity index (χ3v) is 3.29. The van der Waals surface area contributed by atoms with Gasteiger partial charge < -0.3 is 10.6 Å². The average Bonchev–Trinajstić information content (AvgIpc) is 2.29. The molecule has 4 nitrogen and oxygen atoms in total. The zero-order valence-electron chi connectivity index (χ0n) is 8.90. The Hall–Kier alpha value is -1.10. The number of primary amides is 1. The van der Waals surface area contributed by atoms with Crippen LogP contribution in [0.1, 0.15) is 19.3 Å². The minimum absolute atomic E-state index is 0.190. The molecule has 0 bridgehead atoms. The number of nitrogens with two attached hydrogens (primary N) is 1. The number of amides is 1. The molecular weight excluding hydrogens is 270 g/mol. The van der Waals surface area contributed by atoms with Crippen LogP contribution in [0.15, 0.2) is 22.9 Å². The lowest BCUT2D eigenvalue weighted by Gasteiger charge is -2.35. The highest BCUT2D eigenvalue weighted by molar-refractivity contribution is 9.10. The summed E-state index contributed by atoms with van der Waals surface area (Å²) in [6.45, 7) is 0.867. The van der Waals surface area contributed by atoms with Gasteiger partial charge >= 0.3 is 0 Å². The molecule has 0 spiro atoms. The van der Waals surface area contributed by atoms with Gasteiger partial charge in [0.05, 0.1) is 11.9 Å². The Balaban J connectivity index is 2.26. The largest absolute Gasteiger partial charge is 0.368 e. The number of hydrogen-bond acceptors (Lipinski definition) is 3. The highest BCUT2D eigenvalue weighted by atomic mass is 79.9. The third kappa shape index (κ3) is 2.35. The molecule has 16 heavy (non-hydrogen) atoms. The molecule has 2 rings (SSSR count). The zero-order valence-corrected chi connectivity index (χ0v) is 10.5. The SMILES string of the molecule is NC(=O)C1CCCCN1c1cncc(Br)c1. The maximum atomic E-state index is 11.4. The Labute approximate surface area is 103 Å². The van der Waals surface area contributed by atoms with Gasteiger partial charge in [-0.15, -0.1) is 0 Å². The fourth-order valence-electron chi connectivity index (χ4n) is 2.09. The van der Waals surface area contributed by atoms with E-state index >= 15 is 0 Å². The molecule has 1 atom stereocenters. The van der Waals surface area contributed by atoms with E-state index in [0.29, 0.717) is 0 Å². The van der Waals surface area contributed by atoms with Crippen molar-refractivity contribution >= 4 is 27.5 Å². The summed E-state index contributed by atoms with van der Waals surface area (Å²) in [5.41, 5.74) is 6.38. The smallest absolute Gasteiger partial charge is 0.240 e. The van der Waals surface area contributed by atoms with E-state index in [-0.39, 0.29) is 11.9 Å². The molecule has 1 amide bonds. The van der Waals surface area contributed by atoms with Gasteiger partial charge in [0, 0.05) is 17.2 Å². The minimum atomic E-state index is -0.250. The van der Waals surface area contributed by atoms with Crippen molar-refractivity contribution in [2.75, 3.05) is 11.4 Å². The molecule has 5 heteroatoms. The molecule has 1 aromatic rings. The molecule has 1 aromatic heterocycles. The number of aromatic nitrogens is 1. The Morgan fingerprint density at radius 1 is 1.50 bits per heavy atom. The second kappa shape index (κ2) is 4.82. The van der Waals surface area contributed by atoms with Crippen molar-refractivity contribution < 1.29 is 4.79 Å². The summed E-state index contributed by atoms with van der Waals surface area (Å²) < 4.78 is 0.916. The van der Waals surface area contributed by atoms with Crippen molar-refractivity contribution in [3.05, 3.63) is 22.9 Å². The predicted octanol–water partition coefficient (Wildman–Crippen LogP) is 1.69. The first-order valence-corrected chi connectivity index (χ1v) is 6.14. The summed E-state index contributed by atoms with van der Waals surface area (Å²) >= 11 is 3.38. The van der Waals surface area contributed by atoms with Crippen molar-refractivity contribution in [2.45, 2.75) is 25.3 Å². The van der Waals surface area contributed by atoms with Gasteiger partial charge in [0.1, 0.15) is 6.04 Å². The highest BCUT2D eigenvalue weighted by Crippen LogP contribution is 2.25. The summed E-state index contributed by atoms with van der Waals surface area (Å²) in [6, 6.07) is 1.78. The lowest BCUT2D eigenvalue weighted by Crippen LogP contribution is -2.47. The van der Waals surface area contributed by atoms with Crippen LogP contribution in [0.3, 0.4) is 0 Å². The topological polar surface area (TPSA) is 59.2 Å². The number of pyridine rings is 1. The number of piperidine rings is 1. The number of rotatable bonds is 2. The van der Waals surface area contributed by atoms with E-state index in [9.17, 15) is 4.79 Å². The maximum absolute atomic E-state index is 11.4. The van der Waals surface area contributed by atoms with Gasteiger partial charge in [0.2, 0.25) is 5.91 Å². The molecule has 1 unspecified atom stereocenters. The second-order valence-electron chi connectivity index (χ2n) is 3.97. The molecule has 0 saturated carbocycles. The van der Waals surface area contributed by atoms with Crippen LogP contribution in [0, 0.1) is 0 Å². The summed E-state index contributed by atoms with van der Waals surface area (Å²) in [7, 11) is 0. The van der Waals surface area contributed by atoms with Crippen LogP contribution in [-0.4, -0.2) is 23.5 Å². The quantitative estimate of drug-likeness (QED) is 0.899.